The molecule has 0 radical (unpaired) electrons. The number of carbonyl (C=O) groups is 2. The summed E-state index contributed by atoms with van der Waals surface area (Å²) in [5.74, 6) is 0.0223. The molecule has 0 fully saturated rings. The summed E-state index contributed by atoms with van der Waals surface area (Å²) in [7, 11) is 0. The zero-order chi connectivity index (χ0) is 20.1. The Hall–Kier alpha value is -3.06. The largest absolute Gasteiger partial charge is 0.484 e. The summed E-state index contributed by atoms with van der Waals surface area (Å²) in [6.45, 7) is 3.71. The first-order valence-corrected chi connectivity index (χ1v) is 9.46. The molecule has 2 N–H and O–H groups in total. The van der Waals surface area contributed by atoms with Crippen LogP contribution >= 0.6 is 15.9 Å². The van der Waals surface area contributed by atoms with Gasteiger partial charge in [-0.3, -0.25) is 19.7 Å². The van der Waals surface area contributed by atoms with Gasteiger partial charge in [0.2, 0.25) is 0 Å². The normalized spacial score (nSPS) is 10.4. The van der Waals surface area contributed by atoms with Gasteiger partial charge in [0, 0.05) is 27.1 Å². The summed E-state index contributed by atoms with van der Waals surface area (Å²) < 4.78 is 8.10. The molecule has 6 nitrogen and oxygen atoms in total. The predicted octanol–water partition coefficient (Wildman–Crippen LogP) is 4.27. The maximum absolute atomic E-state index is 12.4. The number of hydrogen-bond acceptors (Lipinski definition) is 3. The van der Waals surface area contributed by atoms with Crippen molar-refractivity contribution in [1.82, 2.24) is 4.68 Å². The molecule has 0 aliphatic carbocycles. The number of anilines is 1. The first-order valence-electron chi connectivity index (χ1n) is 8.67. The number of nitrogens with one attached hydrogen (secondary N) is 2. The predicted molar refractivity (Wildman–Crippen MR) is 112 cm³/mol. The number of nitrogens with zero attached hydrogens (tertiary/aromatic N) is 1. The second kappa shape index (κ2) is 8.75. The lowest BCUT2D eigenvalue weighted by Crippen LogP contribution is -2.24. The van der Waals surface area contributed by atoms with Crippen LogP contribution in [0.2, 0.25) is 0 Å². The van der Waals surface area contributed by atoms with E-state index < -0.39 is 0 Å². The van der Waals surface area contributed by atoms with E-state index in [4.69, 9.17) is 4.74 Å². The quantitative estimate of drug-likeness (QED) is 0.599. The van der Waals surface area contributed by atoms with E-state index in [1.807, 2.05) is 38.1 Å². The third-order valence-electron chi connectivity index (χ3n) is 4.08. The van der Waals surface area contributed by atoms with Crippen LogP contribution in [-0.2, 0) is 4.79 Å². The SMILES string of the molecule is Cc1ccc(C)n1NC(=O)c1ccc(OCC(=O)Nc2cccc(Br)c2)cc1. The number of aromatic nitrogens is 1. The Morgan fingerprint density at radius 2 is 1.68 bits per heavy atom. The maximum atomic E-state index is 12.4. The van der Waals surface area contributed by atoms with Crippen LogP contribution in [0.4, 0.5) is 5.69 Å². The van der Waals surface area contributed by atoms with Crippen molar-refractivity contribution in [3.05, 3.63) is 82.1 Å². The van der Waals surface area contributed by atoms with Gasteiger partial charge in [0.1, 0.15) is 5.75 Å². The van der Waals surface area contributed by atoms with Crippen molar-refractivity contribution in [1.29, 1.82) is 0 Å². The second-order valence-corrected chi connectivity index (χ2v) is 7.18. The molecular formula is C21H20BrN3O3. The van der Waals surface area contributed by atoms with E-state index in [2.05, 4.69) is 26.7 Å². The first kappa shape index (κ1) is 19.7. The number of halogens is 1. The first-order chi connectivity index (χ1) is 13.4. The summed E-state index contributed by atoms with van der Waals surface area (Å²) in [5, 5.41) is 2.76. The molecule has 0 atom stereocenters. The standard InChI is InChI=1S/C21H20BrN3O3/c1-14-6-7-15(2)25(14)24-21(27)16-8-10-19(11-9-16)28-13-20(26)23-18-5-3-4-17(22)12-18/h3-12H,13H2,1-2H3,(H,23,26)(H,24,27). The lowest BCUT2D eigenvalue weighted by Gasteiger charge is -2.12. The Morgan fingerprint density at radius 1 is 1.00 bits per heavy atom. The molecule has 0 bridgehead atoms. The second-order valence-electron chi connectivity index (χ2n) is 6.26. The van der Waals surface area contributed by atoms with Crippen molar-refractivity contribution in [3.63, 3.8) is 0 Å². The molecule has 0 aliphatic rings. The highest BCUT2D eigenvalue weighted by Gasteiger charge is 2.10. The fourth-order valence-electron chi connectivity index (χ4n) is 2.63. The number of amides is 2. The molecule has 3 rings (SSSR count). The minimum atomic E-state index is -0.265. The monoisotopic (exact) mass is 441 g/mol. The lowest BCUT2D eigenvalue weighted by molar-refractivity contribution is -0.118. The minimum Gasteiger partial charge on any atom is -0.484 e. The van der Waals surface area contributed by atoms with Crippen molar-refractivity contribution in [2.24, 2.45) is 0 Å². The Balaban J connectivity index is 1.54. The molecule has 2 aromatic carbocycles. The zero-order valence-corrected chi connectivity index (χ0v) is 17.1. The van der Waals surface area contributed by atoms with Crippen LogP contribution in [-0.4, -0.2) is 23.1 Å². The molecule has 7 heteroatoms. The highest BCUT2D eigenvalue weighted by atomic mass is 79.9. The summed E-state index contributed by atoms with van der Waals surface area (Å²) in [6, 6.07) is 17.8. The molecule has 1 aromatic heterocycles. The summed E-state index contributed by atoms with van der Waals surface area (Å²) in [4.78, 5) is 24.4. The van der Waals surface area contributed by atoms with Gasteiger partial charge < -0.3 is 10.1 Å². The number of carbonyl (C=O) groups excluding carboxylic acids is 2. The lowest BCUT2D eigenvalue weighted by atomic mass is 10.2. The average Bonchev–Trinajstić information content (AvgIpc) is 2.99. The molecule has 28 heavy (non-hydrogen) atoms. The van der Waals surface area contributed by atoms with Gasteiger partial charge in [-0.25, -0.2) is 0 Å². The Labute approximate surface area is 171 Å². The van der Waals surface area contributed by atoms with E-state index in [1.165, 1.54) is 0 Å². The van der Waals surface area contributed by atoms with Gasteiger partial charge in [0.25, 0.3) is 11.8 Å². The van der Waals surface area contributed by atoms with Crippen molar-refractivity contribution < 1.29 is 14.3 Å². The molecular weight excluding hydrogens is 422 g/mol. The Morgan fingerprint density at radius 3 is 2.32 bits per heavy atom. The fraction of sp³-hybridized carbons (Fsp3) is 0.143. The summed E-state index contributed by atoms with van der Waals surface area (Å²) in [5.41, 5.74) is 5.92. The van der Waals surface area contributed by atoms with Gasteiger partial charge in [-0.15, -0.1) is 0 Å². The summed E-state index contributed by atoms with van der Waals surface area (Å²) in [6.07, 6.45) is 0. The van der Waals surface area contributed by atoms with Gasteiger partial charge in [0.05, 0.1) is 0 Å². The molecule has 0 spiro atoms. The van der Waals surface area contributed by atoms with Crippen molar-refractivity contribution in [3.8, 4) is 5.75 Å². The summed E-state index contributed by atoms with van der Waals surface area (Å²) >= 11 is 3.36. The number of aryl methyl sites for hydroxylation is 2. The van der Waals surface area contributed by atoms with E-state index in [0.29, 0.717) is 17.0 Å². The number of ether oxygens (including phenoxy) is 1. The van der Waals surface area contributed by atoms with Gasteiger partial charge >= 0.3 is 0 Å². The third kappa shape index (κ3) is 5.01. The highest BCUT2D eigenvalue weighted by Crippen LogP contribution is 2.16. The third-order valence-corrected chi connectivity index (χ3v) is 4.57. The number of rotatable bonds is 6. The molecule has 2 amide bonds. The van der Waals surface area contributed by atoms with Crippen LogP contribution in [0.5, 0.6) is 5.75 Å². The van der Waals surface area contributed by atoms with Gasteiger partial charge in [0.15, 0.2) is 6.61 Å². The van der Waals surface area contributed by atoms with Crippen molar-refractivity contribution in [2.45, 2.75) is 13.8 Å². The number of benzene rings is 2. The topological polar surface area (TPSA) is 72.4 Å². The van der Waals surface area contributed by atoms with E-state index in [1.54, 1.807) is 41.1 Å². The molecule has 1 heterocycles. The molecule has 0 unspecified atom stereocenters. The van der Waals surface area contributed by atoms with E-state index in [0.717, 1.165) is 15.9 Å². The zero-order valence-electron chi connectivity index (χ0n) is 15.5. The van der Waals surface area contributed by atoms with Crippen LogP contribution in [0.15, 0.2) is 65.1 Å². The van der Waals surface area contributed by atoms with E-state index in [-0.39, 0.29) is 18.4 Å². The van der Waals surface area contributed by atoms with Crippen LogP contribution in [0.3, 0.4) is 0 Å². The van der Waals surface area contributed by atoms with E-state index in [9.17, 15) is 9.59 Å². The van der Waals surface area contributed by atoms with Gasteiger partial charge in [-0.2, -0.15) is 0 Å². The average molecular weight is 442 g/mol. The van der Waals surface area contributed by atoms with Crippen molar-refractivity contribution in [2.75, 3.05) is 17.3 Å². The smallest absolute Gasteiger partial charge is 0.270 e. The molecule has 144 valence electrons. The Kier molecular flexibility index (Phi) is 6.16. The minimum absolute atomic E-state index is 0.125. The highest BCUT2D eigenvalue weighted by molar-refractivity contribution is 9.10. The molecule has 0 saturated carbocycles. The van der Waals surface area contributed by atoms with Gasteiger partial charge in [-0.1, -0.05) is 22.0 Å². The number of hydrogen-bond donors (Lipinski definition) is 2. The van der Waals surface area contributed by atoms with E-state index >= 15 is 0 Å². The van der Waals surface area contributed by atoms with Crippen molar-refractivity contribution >= 4 is 33.4 Å². The van der Waals surface area contributed by atoms with Crippen LogP contribution in [0.1, 0.15) is 21.7 Å². The van der Waals surface area contributed by atoms with Gasteiger partial charge in [-0.05, 0) is 68.4 Å². The van der Waals surface area contributed by atoms with Crippen LogP contribution in [0, 0.1) is 13.8 Å². The van der Waals surface area contributed by atoms with Crippen LogP contribution < -0.4 is 15.5 Å². The molecule has 3 aromatic rings. The fourth-order valence-corrected chi connectivity index (χ4v) is 3.02. The molecule has 0 aliphatic heterocycles. The maximum Gasteiger partial charge on any atom is 0.270 e. The Bertz CT molecular complexity index is 977. The van der Waals surface area contributed by atoms with Crippen LogP contribution in [0.25, 0.3) is 0 Å². The molecule has 0 saturated heterocycles.